The van der Waals surface area contributed by atoms with Crippen LogP contribution in [-0.2, 0) is 9.47 Å². The number of rotatable bonds is 4. The van der Waals surface area contributed by atoms with Gasteiger partial charge in [-0.05, 0) is 6.42 Å². The third kappa shape index (κ3) is 5.43. The van der Waals surface area contributed by atoms with Crippen molar-refractivity contribution in [3.63, 3.8) is 0 Å². The predicted octanol–water partition coefficient (Wildman–Crippen LogP) is 2.40. The van der Waals surface area contributed by atoms with Gasteiger partial charge >= 0.3 is 0 Å². The number of ether oxygens (including phenoxy) is 2. The van der Waals surface area contributed by atoms with Gasteiger partial charge in [-0.2, -0.15) is 0 Å². The van der Waals surface area contributed by atoms with Crippen LogP contribution in [0.15, 0.2) is 0 Å². The number of alkyl halides is 3. The van der Waals surface area contributed by atoms with Crippen molar-refractivity contribution in [2.24, 2.45) is 0 Å². The SMILES string of the molecule is BrCC1CO1.ClCCC1OC1CCl. The summed E-state index contributed by atoms with van der Waals surface area (Å²) in [5, 5.41) is 1.01. The van der Waals surface area contributed by atoms with E-state index in [2.05, 4.69) is 15.9 Å². The molecule has 3 atom stereocenters. The largest absolute Gasteiger partial charge is 0.372 e. The third-order valence-electron chi connectivity index (χ3n) is 1.81. The summed E-state index contributed by atoms with van der Waals surface area (Å²) in [6.45, 7) is 0.964. The van der Waals surface area contributed by atoms with Crippen molar-refractivity contribution < 1.29 is 9.47 Å². The first-order chi connectivity index (χ1) is 6.31. The van der Waals surface area contributed by atoms with Crippen LogP contribution in [0.25, 0.3) is 0 Å². The molecule has 3 unspecified atom stereocenters. The van der Waals surface area contributed by atoms with Crippen LogP contribution in [-0.4, -0.2) is 42.0 Å². The van der Waals surface area contributed by atoms with Crippen molar-refractivity contribution >= 4 is 39.1 Å². The van der Waals surface area contributed by atoms with Gasteiger partial charge in [0.1, 0.15) is 0 Å². The van der Waals surface area contributed by atoms with Crippen LogP contribution >= 0.6 is 39.1 Å². The van der Waals surface area contributed by atoms with E-state index in [-0.39, 0.29) is 0 Å². The first kappa shape index (κ1) is 12.1. The Labute approximate surface area is 97.0 Å². The molecule has 0 amide bonds. The van der Waals surface area contributed by atoms with E-state index in [0.29, 0.717) is 30.1 Å². The molecule has 0 radical (unpaired) electrons. The second-order valence-corrected chi connectivity index (χ2v) is 4.29. The number of halogens is 3. The fourth-order valence-corrected chi connectivity index (χ4v) is 1.69. The molecular formula is C8H13BrCl2O2. The van der Waals surface area contributed by atoms with Gasteiger partial charge in [0.05, 0.1) is 30.8 Å². The van der Waals surface area contributed by atoms with Crippen LogP contribution in [0, 0.1) is 0 Å². The maximum atomic E-state index is 5.46. The van der Waals surface area contributed by atoms with Crippen LogP contribution in [0.4, 0.5) is 0 Å². The molecular weight excluding hydrogens is 279 g/mol. The lowest BCUT2D eigenvalue weighted by molar-refractivity contribution is 0.377. The van der Waals surface area contributed by atoms with Gasteiger partial charge in [0.25, 0.3) is 0 Å². The minimum absolute atomic E-state index is 0.301. The highest BCUT2D eigenvalue weighted by atomic mass is 79.9. The smallest absolute Gasteiger partial charge is 0.0977 e. The zero-order valence-corrected chi connectivity index (χ0v) is 10.3. The summed E-state index contributed by atoms with van der Waals surface area (Å²) < 4.78 is 9.90. The summed E-state index contributed by atoms with van der Waals surface area (Å²) in [4.78, 5) is 0. The van der Waals surface area contributed by atoms with Gasteiger partial charge in [-0.1, -0.05) is 15.9 Å². The van der Waals surface area contributed by atoms with Crippen LogP contribution in [0.3, 0.4) is 0 Å². The predicted molar refractivity (Wildman–Crippen MR) is 58.3 cm³/mol. The maximum absolute atomic E-state index is 5.46. The normalized spacial score (nSPS) is 34.8. The van der Waals surface area contributed by atoms with E-state index in [1.807, 2.05) is 0 Å². The van der Waals surface area contributed by atoms with E-state index < -0.39 is 0 Å². The van der Waals surface area contributed by atoms with E-state index in [1.165, 1.54) is 0 Å². The molecule has 0 bridgehead atoms. The quantitative estimate of drug-likeness (QED) is 0.587. The third-order valence-corrected chi connectivity index (χ3v) is 3.05. The Morgan fingerprint density at radius 1 is 1.31 bits per heavy atom. The van der Waals surface area contributed by atoms with Crippen molar-refractivity contribution in [1.29, 1.82) is 0 Å². The Morgan fingerprint density at radius 2 is 2.00 bits per heavy atom. The average Bonchev–Trinajstić information content (AvgIpc) is 3.02. The summed E-state index contributed by atoms with van der Waals surface area (Å²) in [6, 6.07) is 0. The van der Waals surface area contributed by atoms with Gasteiger partial charge in [0.15, 0.2) is 0 Å². The summed E-state index contributed by atoms with van der Waals surface area (Å²) in [6.07, 6.45) is 2.16. The molecule has 0 aromatic heterocycles. The summed E-state index contributed by atoms with van der Waals surface area (Å²) in [5.74, 6) is 1.29. The number of epoxide rings is 2. The fourth-order valence-electron chi connectivity index (χ4n) is 0.833. The highest BCUT2D eigenvalue weighted by molar-refractivity contribution is 9.09. The Kier molecular flexibility index (Phi) is 5.99. The average molecular weight is 292 g/mol. The molecule has 0 saturated carbocycles. The minimum Gasteiger partial charge on any atom is -0.372 e. The van der Waals surface area contributed by atoms with Gasteiger partial charge in [-0.25, -0.2) is 0 Å². The standard InChI is InChI=1S/C5H8Cl2O.C3H5BrO/c6-2-1-4-5(3-7)8-4;4-1-3-2-5-3/h4-5H,1-3H2;3H,1-2H2. The molecule has 0 aromatic carbocycles. The van der Waals surface area contributed by atoms with E-state index in [9.17, 15) is 0 Å². The van der Waals surface area contributed by atoms with Crippen molar-refractivity contribution in [2.45, 2.75) is 24.7 Å². The molecule has 2 fully saturated rings. The van der Waals surface area contributed by atoms with E-state index >= 15 is 0 Å². The molecule has 0 N–H and O–H groups in total. The topological polar surface area (TPSA) is 25.1 Å². The van der Waals surface area contributed by atoms with Crippen molar-refractivity contribution in [3.8, 4) is 0 Å². The van der Waals surface area contributed by atoms with Gasteiger partial charge in [-0.3, -0.25) is 0 Å². The summed E-state index contributed by atoms with van der Waals surface area (Å²) in [7, 11) is 0. The Morgan fingerprint density at radius 3 is 2.23 bits per heavy atom. The Balaban J connectivity index is 0.000000145. The van der Waals surface area contributed by atoms with Gasteiger partial charge in [-0.15, -0.1) is 23.2 Å². The second kappa shape index (κ2) is 6.46. The molecule has 2 rings (SSSR count). The van der Waals surface area contributed by atoms with Gasteiger partial charge in [0, 0.05) is 11.2 Å². The lowest BCUT2D eigenvalue weighted by atomic mass is 10.3. The van der Waals surface area contributed by atoms with E-state index in [0.717, 1.165) is 18.4 Å². The second-order valence-electron chi connectivity index (χ2n) is 2.95. The van der Waals surface area contributed by atoms with Gasteiger partial charge < -0.3 is 9.47 Å². The molecule has 0 spiro atoms. The Hall–Kier alpha value is 0.980. The molecule has 5 heteroatoms. The molecule has 0 aliphatic carbocycles. The molecule has 2 aliphatic heterocycles. The maximum Gasteiger partial charge on any atom is 0.0977 e. The lowest BCUT2D eigenvalue weighted by Crippen LogP contribution is -1.94. The van der Waals surface area contributed by atoms with E-state index in [1.54, 1.807) is 0 Å². The number of hydrogen-bond donors (Lipinski definition) is 0. The monoisotopic (exact) mass is 290 g/mol. The summed E-state index contributed by atoms with van der Waals surface area (Å²) >= 11 is 14.1. The molecule has 2 saturated heterocycles. The van der Waals surface area contributed by atoms with Crippen LogP contribution < -0.4 is 0 Å². The molecule has 13 heavy (non-hydrogen) atoms. The fraction of sp³-hybridized carbons (Fsp3) is 1.00. The van der Waals surface area contributed by atoms with Gasteiger partial charge in [0.2, 0.25) is 0 Å². The van der Waals surface area contributed by atoms with Crippen molar-refractivity contribution in [1.82, 2.24) is 0 Å². The molecule has 2 aliphatic rings. The summed E-state index contributed by atoms with van der Waals surface area (Å²) in [5.41, 5.74) is 0. The van der Waals surface area contributed by atoms with Crippen molar-refractivity contribution in [3.05, 3.63) is 0 Å². The molecule has 2 heterocycles. The zero-order chi connectivity index (χ0) is 9.68. The first-order valence-corrected chi connectivity index (χ1v) is 6.45. The molecule has 0 aromatic rings. The first-order valence-electron chi connectivity index (χ1n) is 4.26. The molecule has 78 valence electrons. The van der Waals surface area contributed by atoms with Crippen LogP contribution in [0.5, 0.6) is 0 Å². The van der Waals surface area contributed by atoms with Crippen LogP contribution in [0.2, 0.25) is 0 Å². The van der Waals surface area contributed by atoms with Crippen LogP contribution in [0.1, 0.15) is 6.42 Å². The lowest BCUT2D eigenvalue weighted by Gasteiger charge is -1.82. The zero-order valence-electron chi connectivity index (χ0n) is 7.22. The highest BCUT2D eigenvalue weighted by Crippen LogP contribution is 2.26. The highest BCUT2D eigenvalue weighted by Gasteiger charge is 2.36. The minimum atomic E-state index is 0.301. The number of hydrogen-bond acceptors (Lipinski definition) is 2. The molecule has 2 nitrogen and oxygen atoms in total. The Bertz CT molecular complexity index is 144. The van der Waals surface area contributed by atoms with E-state index in [4.69, 9.17) is 32.7 Å². The van der Waals surface area contributed by atoms with Crippen molar-refractivity contribution in [2.75, 3.05) is 23.7 Å².